The highest BCUT2D eigenvalue weighted by molar-refractivity contribution is 7.00. The minimum absolute atomic E-state index is 0.294. The highest BCUT2D eigenvalue weighted by Crippen LogP contribution is 2.55. The van der Waals surface area contributed by atoms with Gasteiger partial charge in [0, 0.05) is 89.0 Å². The van der Waals surface area contributed by atoms with Crippen LogP contribution < -0.4 is 26.2 Å². The largest absolute Gasteiger partial charge is 0.310 e. The quantitative estimate of drug-likeness (QED) is 0.101. The molecule has 0 bridgehead atoms. The molecule has 6 nitrogen and oxygen atoms in total. The lowest BCUT2D eigenvalue weighted by atomic mass is 9.33. The lowest BCUT2D eigenvalue weighted by Crippen LogP contribution is -2.61. The third-order valence-corrected chi connectivity index (χ3v) is 21.8. The molecule has 0 fully saturated rings. The first kappa shape index (κ1) is 59.0. The van der Waals surface area contributed by atoms with Gasteiger partial charge >= 0.3 is 0 Å². The molecule has 3 aromatic heterocycles. The molecule has 19 aromatic rings. The summed E-state index contributed by atoms with van der Waals surface area (Å²) >= 11 is 0. The van der Waals surface area contributed by atoms with E-state index in [9.17, 15) is 0 Å². The summed E-state index contributed by atoms with van der Waals surface area (Å²) in [7, 11) is 0. The Hall–Kier alpha value is -13.9. The number of aromatic nitrogens is 3. The fourth-order valence-corrected chi connectivity index (χ4v) is 17.4. The number of benzene rings is 16. The van der Waals surface area contributed by atoms with Gasteiger partial charge in [0.05, 0.1) is 51.0 Å². The van der Waals surface area contributed by atoms with Crippen molar-refractivity contribution < 1.29 is 0 Å². The van der Waals surface area contributed by atoms with E-state index in [1.807, 2.05) is 6.07 Å². The molecule has 0 amide bonds. The number of para-hydroxylation sites is 7. The van der Waals surface area contributed by atoms with Crippen molar-refractivity contribution in [1.82, 2.24) is 13.7 Å². The van der Waals surface area contributed by atoms with Gasteiger partial charge in [-0.15, -0.1) is 0 Å². The second-order valence-electron chi connectivity index (χ2n) is 27.3. The summed E-state index contributed by atoms with van der Waals surface area (Å²) in [5.74, 6) is 0. The predicted molar refractivity (Wildman–Crippen MR) is 437 cm³/mol. The van der Waals surface area contributed by atoms with Crippen LogP contribution in [0.5, 0.6) is 0 Å². The molecule has 2 aliphatic rings. The third kappa shape index (κ3) is 9.02. The average Bonchev–Trinajstić information content (AvgIpc) is 0.862. The topological polar surface area (TPSA) is 25.6 Å². The van der Waals surface area contributed by atoms with Gasteiger partial charge < -0.3 is 23.5 Å². The van der Waals surface area contributed by atoms with Crippen molar-refractivity contribution in [2.45, 2.75) is 0 Å². The second kappa shape index (κ2) is 23.6. The zero-order valence-corrected chi connectivity index (χ0v) is 56.5. The van der Waals surface area contributed by atoms with Crippen LogP contribution in [-0.4, -0.2) is 20.4 Å². The number of fused-ring (bicyclic) bond motifs is 13. The van der Waals surface area contributed by atoms with E-state index in [-0.39, 0.29) is 6.71 Å². The van der Waals surface area contributed by atoms with E-state index >= 15 is 0 Å². The molecule has 0 saturated heterocycles. The van der Waals surface area contributed by atoms with Crippen molar-refractivity contribution in [2.75, 3.05) is 9.80 Å². The smallest absolute Gasteiger partial charge is 0.252 e. The van der Waals surface area contributed by atoms with E-state index in [0.717, 1.165) is 151 Å². The first-order valence-corrected chi connectivity index (χ1v) is 35.6. The Kier molecular flexibility index (Phi) is 13.4. The average molecular weight is 1320 g/mol. The maximum absolute atomic E-state index is 8.35. The summed E-state index contributed by atoms with van der Waals surface area (Å²) in [5, 5.41) is 6.91. The summed E-state index contributed by atoms with van der Waals surface area (Å²) < 4.78 is 7.30. The van der Waals surface area contributed by atoms with E-state index in [1.165, 1.54) is 37.9 Å². The molecule has 21 rings (SSSR count). The molecule has 7 heteroatoms. The molecule has 16 aromatic carbocycles. The fourth-order valence-electron chi connectivity index (χ4n) is 17.4. The maximum atomic E-state index is 8.35. The molecule has 104 heavy (non-hydrogen) atoms. The van der Waals surface area contributed by atoms with Gasteiger partial charge in [-0.05, 0) is 152 Å². The van der Waals surface area contributed by atoms with E-state index in [4.69, 9.17) is 6.57 Å². The second-order valence-corrected chi connectivity index (χ2v) is 27.3. The first-order chi connectivity index (χ1) is 51.6. The molecule has 0 N–H and O–H groups in total. The Morgan fingerprint density at radius 3 is 0.981 bits per heavy atom. The molecular weight excluding hydrogens is 1260 g/mol. The summed E-state index contributed by atoms with van der Waals surface area (Å²) in [4.78, 5) is 9.36. The van der Waals surface area contributed by atoms with Gasteiger partial charge in [0.25, 0.3) is 6.71 Å². The number of hydrogen-bond donors (Lipinski definition) is 0. The summed E-state index contributed by atoms with van der Waals surface area (Å²) in [6, 6.07) is 137. The van der Waals surface area contributed by atoms with Crippen LogP contribution in [0.25, 0.3) is 143 Å². The van der Waals surface area contributed by atoms with Crippen molar-refractivity contribution in [3.63, 3.8) is 0 Å². The number of hydrogen-bond acceptors (Lipinski definition) is 2. The van der Waals surface area contributed by atoms with Gasteiger partial charge in [0.1, 0.15) is 0 Å². The molecule has 482 valence electrons. The van der Waals surface area contributed by atoms with Crippen LogP contribution in [0.4, 0.5) is 39.8 Å². The van der Waals surface area contributed by atoms with E-state index in [2.05, 4.69) is 392 Å². The van der Waals surface area contributed by atoms with E-state index in [1.54, 1.807) is 0 Å². The van der Waals surface area contributed by atoms with Gasteiger partial charge in [-0.3, -0.25) is 0 Å². The van der Waals surface area contributed by atoms with Crippen molar-refractivity contribution in [3.8, 4) is 72.7 Å². The first-order valence-electron chi connectivity index (χ1n) is 35.6. The normalized spacial score (nSPS) is 12.4. The molecule has 0 aliphatic carbocycles. The molecule has 0 saturated carbocycles. The number of anilines is 6. The molecule has 5 heterocycles. The van der Waals surface area contributed by atoms with Gasteiger partial charge in [0.2, 0.25) is 0 Å². The minimum Gasteiger partial charge on any atom is -0.310 e. The highest BCUT2D eigenvalue weighted by atomic mass is 15.2. The van der Waals surface area contributed by atoms with Crippen LogP contribution in [0, 0.1) is 6.57 Å². The van der Waals surface area contributed by atoms with Crippen LogP contribution in [0.1, 0.15) is 0 Å². The molecule has 2 aliphatic heterocycles. The molecule has 0 spiro atoms. The van der Waals surface area contributed by atoms with E-state index in [0.29, 0.717) is 5.69 Å². The standard InChI is InChI=1S/C97H61BN6/c1-99-69-50-56-90-82(60-69)81-57-67(49-55-89(81)100(90)70-35-15-6-16-36-70)68-58-93-95-94(59-68)104(97-75(65-31-11-4-12-32-65)43-26-44-76(97)66-33-13-5-14-34-66)92-62-72(102-87-47-23-19-39-79(87)80-40-20-24-48-88(80)102)52-54-84(92)98(95)83-53-51-71(101-85-45-21-17-37-77(85)78-38-18-22-46-86(78)101)61-91(83)103(93)96-73(63-27-7-2-8-28-63)41-25-42-74(96)64-29-9-3-10-30-64/h2-62H. The lowest BCUT2D eigenvalue weighted by molar-refractivity contribution is 1.17. The van der Waals surface area contributed by atoms with Gasteiger partial charge in [0.15, 0.2) is 5.69 Å². The van der Waals surface area contributed by atoms with Gasteiger partial charge in [-0.1, -0.05) is 273 Å². The minimum atomic E-state index is -0.294. The van der Waals surface area contributed by atoms with Gasteiger partial charge in [-0.2, -0.15) is 0 Å². The van der Waals surface area contributed by atoms with Crippen molar-refractivity contribution in [3.05, 3.63) is 381 Å². The SMILES string of the molecule is [C-]#[N+]c1ccc2c(c1)c1cc(-c3cc4c5c(c3)N(c3c(-c6ccccc6)cccc3-c3ccccc3)c3cc(-n6c7ccccc7c7ccccc76)ccc3B5c3ccc(-n5c6ccccc6c6ccccc65)cc3N4c3c(-c4ccccc4)cccc3-c3ccccc3)ccc1n2-c1ccccc1. The summed E-state index contributed by atoms with van der Waals surface area (Å²) in [6.07, 6.45) is 0. The van der Waals surface area contributed by atoms with Crippen LogP contribution in [0.3, 0.4) is 0 Å². The van der Waals surface area contributed by atoms with Crippen LogP contribution in [-0.2, 0) is 0 Å². The molecule has 0 radical (unpaired) electrons. The summed E-state index contributed by atoms with van der Waals surface area (Å²) in [6.45, 7) is 8.06. The highest BCUT2D eigenvalue weighted by Gasteiger charge is 2.46. The molecule has 0 unspecified atom stereocenters. The zero-order valence-electron chi connectivity index (χ0n) is 56.5. The van der Waals surface area contributed by atoms with Crippen molar-refractivity contribution >= 4 is 128 Å². The van der Waals surface area contributed by atoms with Crippen LogP contribution >= 0.6 is 0 Å². The van der Waals surface area contributed by atoms with Crippen molar-refractivity contribution in [1.29, 1.82) is 0 Å². The Balaban J connectivity index is 0.948. The van der Waals surface area contributed by atoms with E-state index < -0.39 is 0 Å². The fraction of sp³-hybridized carbons (Fsp3) is 0. The Bertz CT molecular complexity index is 6210. The van der Waals surface area contributed by atoms with Crippen molar-refractivity contribution in [2.24, 2.45) is 0 Å². The van der Waals surface area contributed by atoms with Gasteiger partial charge in [-0.25, -0.2) is 4.85 Å². The Morgan fingerprint density at radius 2 is 0.577 bits per heavy atom. The zero-order chi connectivity index (χ0) is 68.5. The third-order valence-electron chi connectivity index (χ3n) is 21.8. The monoisotopic (exact) mass is 1320 g/mol. The Labute approximate surface area is 602 Å². The van der Waals surface area contributed by atoms with Crippen LogP contribution in [0.15, 0.2) is 370 Å². The predicted octanol–water partition coefficient (Wildman–Crippen LogP) is 23.9. The number of nitrogens with zero attached hydrogens (tertiary/aromatic N) is 6. The maximum Gasteiger partial charge on any atom is 0.252 e. The lowest BCUT2D eigenvalue weighted by Gasteiger charge is -2.46. The number of rotatable bonds is 10. The molecule has 0 atom stereocenters. The Morgan fingerprint density at radius 1 is 0.231 bits per heavy atom. The molecular formula is C97H61BN6. The van der Waals surface area contributed by atoms with Crippen LogP contribution in [0.2, 0.25) is 0 Å². The summed E-state index contributed by atoms with van der Waals surface area (Å²) in [5.41, 5.74) is 31.4.